The molecule has 3 rings (SSSR count). The second-order valence-corrected chi connectivity index (χ2v) is 4.61. The molecule has 1 saturated heterocycles. The third-order valence-electron chi connectivity index (χ3n) is 3.64. The van der Waals surface area contributed by atoms with Crippen molar-refractivity contribution in [2.75, 3.05) is 6.54 Å². The molecule has 0 aromatic heterocycles. The Balaban J connectivity index is 1.74. The SMILES string of the molecule is O=C1[C@H]2CC[C@@H]1N(Cc1ccccc1)C2. The summed E-state index contributed by atoms with van der Waals surface area (Å²) in [4.78, 5) is 14.1. The van der Waals surface area contributed by atoms with Gasteiger partial charge in [-0.15, -0.1) is 0 Å². The van der Waals surface area contributed by atoms with E-state index in [9.17, 15) is 4.79 Å². The number of carbonyl (C=O) groups excluding carboxylic acids is 1. The summed E-state index contributed by atoms with van der Waals surface area (Å²) < 4.78 is 0. The molecule has 0 N–H and O–H groups in total. The highest BCUT2D eigenvalue weighted by Gasteiger charge is 2.45. The molecule has 1 aliphatic carbocycles. The Bertz CT molecular complexity index is 373. The number of likely N-dealkylation sites (tertiary alicyclic amines) is 1. The number of carbonyl (C=O) groups is 1. The maximum Gasteiger partial charge on any atom is 0.154 e. The highest BCUT2D eigenvalue weighted by Crippen LogP contribution is 2.35. The molecule has 78 valence electrons. The highest BCUT2D eigenvalue weighted by molar-refractivity contribution is 5.90. The van der Waals surface area contributed by atoms with Crippen LogP contribution in [0.15, 0.2) is 30.3 Å². The van der Waals surface area contributed by atoms with Gasteiger partial charge in [-0.25, -0.2) is 0 Å². The van der Waals surface area contributed by atoms with E-state index >= 15 is 0 Å². The minimum Gasteiger partial charge on any atom is -0.298 e. The van der Waals surface area contributed by atoms with Gasteiger partial charge in [0.2, 0.25) is 0 Å². The Labute approximate surface area is 89.9 Å². The van der Waals surface area contributed by atoms with Crippen LogP contribution in [0.3, 0.4) is 0 Å². The lowest BCUT2D eigenvalue weighted by Gasteiger charge is -2.24. The number of piperidine rings is 1. The molecule has 1 aliphatic heterocycles. The first-order chi connectivity index (χ1) is 7.34. The van der Waals surface area contributed by atoms with Gasteiger partial charge in [0, 0.05) is 19.0 Å². The van der Waals surface area contributed by atoms with Crippen LogP contribution >= 0.6 is 0 Å². The monoisotopic (exact) mass is 201 g/mol. The Morgan fingerprint density at radius 2 is 2.00 bits per heavy atom. The van der Waals surface area contributed by atoms with E-state index < -0.39 is 0 Å². The molecule has 2 aliphatic rings. The van der Waals surface area contributed by atoms with Gasteiger partial charge in [-0.3, -0.25) is 9.69 Å². The summed E-state index contributed by atoms with van der Waals surface area (Å²) in [5.41, 5.74) is 1.32. The molecule has 2 fully saturated rings. The second-order valence-electron chi connectivity index (χ2n) is 4.61. The molecule has 2 heteroatoms. The first-order valence-electron chi connectivity index (χ1n) is 5.66. The molecule has 0 radical (unpaired) electrons. The fraction of sp³-hybridized carbons (Fsp3) is 0.462. The normalized spacial score (nSPS) is 30.0. The fourth-order valence-corrected chi connectivity index (χ4v) is 2.86. The first kappa shape index (κ1) is 9.10. The van der Waals surface area contributed by atoms with Crippen molar-refractivity contribution in [3.05, 3.63) is 35.9 Å². The van der Waals surface area contributed by atoms with Gasteiger partial charge in [-0.1, -0.05) is 30.3 Å². The average molecular weight is 201 g/mol. The van der Waals surface area contributed by atoms with Gasteiger partial charge in [0.1, 0.15) is 0 Å². The van der Waals surface area contributed by atoms with Crippen LogP contribution in [0.1, 0.15) is 18.4 Å². The van der Waals surface area contributed by atoms with Crippen LogP contribution in [0.2, 0.25) is 0 Å². The molecular formula is C13H15NO. The molecule has 2 bridgehead atoms. The average Bonchev–Trinajstić information content (AvgIpc) is 2.75. The molecule has 1 saturated carbocycles. The number of nitrogens with zero attached hydrogens (tertiary/aromatic N) is 1. The third kappa shape index (κ3) is 1.49. The molecule has 1 heterocycles. The van der Waals surface area contributed by atoms with E-state index in [4.69, 9.17) is 0 Å². The highest BCUT2D eigenvalue weighted by atomic mass is 16.1. The largest absolute Gasteiger partial charge is 0.298 e. The van der Waals surface area contributed by atoms with E-state index in [2.05, 4.69) is 29.2 Å². The number of hydrogen-bond acceptors (Lipinski definition) is 2. The van der Waals surface area contributed by atoms with Crippen LogP contribution in [0, 0.1) is 5.92 Å². The van der Waals surface area contributed by atoms with Crippen LogP contribution in [-0.2, 0) is 11.3 Å². The molecule has 1 aromatic carbocycles. The van der Waals surface area contributed by atoms with Crippen LogP contribution < -0.4 is 0 Å². The van der Waals surface area contributed by atoms with Gasteiger partial charge >= 0.3 is 0 Å². The van der Waals surface area contributed by atoms with Crippen molar-refractivity contribution in [3.8, 4) is 0 Å². The number of Topliss-reactive ketones (excluding diaryl/α,β-unsaturated/α-hetero) is 1. The van der Waals surface area contributed by atoms with Crippen molar-refractivity contribution in [1.82, 2.24) is 4.90 Å². The minimum atomic E-state index is 0.232. The topological polar surface area (TPSA) is 20.3 Å². The van der Waals surface area contributed by atoms with Gasteiger partial charge in [0.15, 0.2) is 5.78 Å². The molecule has 15 heavy (non-hydrogen) atoms. The van der Waals surface area contributed by atoms with E-state index in [0.717, 1.165) is 25.9 Å². The lowest BCUT2D eigenvalue weighted by molar-refractivity contribution is -0.120. The summed E-state index contributed by atoms with van der Waals surface area (Å²) in [5, 5.41) is 0. The van der Waals surface area contributed by atoms with E-state index in [1.807, 2.05) is 6.07 Å². The number of ketones is 1. The zero-order chi connectivity index (χ0) is 10.3. The number of hydrogen-bond donors (Lipinski definition) is 0. The zero-order valence-electron chi connectivity index (χ0n) is 8.73. The molecule has 1 aromatic rings. The number of fused-ring (bicyclic) bond motifs is 2. The molecule has 2 atom stereocenters. The Morgan fingerprint density at radius 1 is 1.20 bits per heavy atom. The predicted molar refractivity (Wildman–Crippen MR) is 58.4 cm³/mol. The molecule has 0 unspecified atom stereocenters. The van der Waals surface area contributed by atoms with Crippen molar-refractivity contribution in [1.29, 1.82) is 0 Å². The Hall–Kier alpha value is -1.15. The van der Waals surface area contributed by atoms with Crippen molar-refractivity contribution < 1.29 is 4.79 Å². The summed E-state index contributed by atoms with van der Waals surface area (Å²) in [6.07, 6.45) is 2.20. The van der Waals surface area contributed by atoms with Crippen LogP contribution in [0.5, 0.6) is 0 Å². The quantitative estimate of drug-likeness (QED) is 0.727. The van der Waals surface area contributed by atoms with Crippen molar-refractivity contribution >= 4 is 5.78 Å². The lowest BCUT2D eigenvalue weighted by Crippen LogP contribution is -2.32. The first-order valence-corrected chi connectivity index (χ1v) is 5.66. The summed E-state index contributed by atoms with van der Waals surface area (Å²) in [6.45, 7) is 1.92. The molecular weight excluding hydrogens is 186 g/mol. The van der Waals surface area contributed by atoms with Crippen molar-refractivity contribution in [2.24, 2.45) is 5.92 Å². The van der Waals surface area contributed by atoms with Crippen LogP contribution in [-0.4, -0.2) is 23.3 Å². The summed E-state index contributed by atoms with van der Waals surface area (Å²) in [5.74, 6) is 0.838. The fourth-order valence-electron chi connectivity index (χ4n) is 2.86. The standard InChI is InChI=1S/C13H15NO/c15-13-11-6-7-12(13)14(9-11)8-10-4-2-1-3-5-10/h1-5,11-12H,6-9H2/t11-,12-/m0/s1. The van der Waals surface area contributed by atoms with Gasteiger partial charge in [-0.05, 0) is 18.4 Å². The third-order valence-corrected chi connectivity index (χ3v) is 3.64. The van der Waals surface area contributed by atoms with E-state index in [1.54, 1.807) is 0 Å². The summed E-state index contributed by atoms with van der Waals surface area (Å²) in [6, 6.07) is 10.7. The zero-order valence-corrected chi connectivity index (χ0v) is 8.73. The van der Waals surface area contributed by atoms with E-state index in [0.29, 0.717) is 11.7 Å². The minimum absolute atomic E-state index is 0.232. The number of rotatable bonds is 2. The smallest absolute Gasteiger partial charge is 0.154 e. The van der Waals surface area contributed by atoms with Gasteiger partial charge in [0.25, 0.3) is 0 Å². The van der Waals surface area contributed by atoms with Crippen molar-refractivity contribution in [2.45, 2.75) is 25.4 Å². The van der Waals surface area contributed by atoms with Gasteiger partial charge in [-0.2, -0.15) is 0 Å². The van der Waals surface area contributed by atoms with Gasteiger partial charge in [0.05, 0.1) is 6.04 Å². The van der Waals surface area contributed by atoms with E-state index in [1.165, 1.54) is 5.56 Å². The van der Waals surface area contributed by atoms with Crippen LogP contribution in [0.4, 0.5) is 0 Å². The summed E-state index contributed by atoms with van der Waals surface area (Å²) in [7, 11) is 0. The van der Waals surface area contributed by atoms with Crippen LogP contribution in [0.25, 0.3) is 0 Å². The molecule has 0 spiro atoms. The summed E-state index contributed by atoms with van der Waals surface area (Å²) >= 11 is 0. The Kier molecular flexibility index (Phi) is 2.10. The number of benzene rings is 1. The second kappa shape index (κ2) is 3.46. The molecule has 2 nitrogen and oxygen atoms in total. The maximum absolute atomic E-state index is 11.7. The molecule has 0 amide bonds. The predicted octanol–water partition coefficient (Wildman–Crippen LogP) is 1.85. The lowest BCUT2D eigenvalue weighted by atomic mass is 10.1. The van der Waals surface area contributed by atoms with Gasteiger partial charge < -0.3 is 0 Å². The van der Waals surface area contributed by atoms with Crippen molar-refractivity contribution in [3.63, 3.8) is 0 Å². The maximum atomic E-state index is 11.7. The Morgan fingerprint density at radius 3 is 2.60 bits per heavy atom. The van der Waals surface area contributed by atoms with E-state index in [-0.39, 0.29) is 6.04 Å².